The Bertz CT molecular complexity index is 5350. The van der Waals surface area contributed by atoms with Crippen LogP contribution in [-0.2, 0) is 10.8 Å². The van der Waals surface area contributed by atoms with Crippen LogP contribution in [0.2, 0.25) is 0 Å². The van der Waals surface area contributed by atoms with E-state index < -0.39 is 11.8 Å². The number of aryl methyl sites for hydroxylation is 8. The predicted octanol–water partition coefficient (Wildman–Crippen LogP) is 41.5. The standard InChI is InChI=1S/C25H37N.C22H31N.2C20H35N.C19H33N.2C16H27N/c1-18-16-20(19-14-12-11-13-15-19)17-21(23(2,3)4)22(18)26(24(5,6)7)25(8,9)10;1-16-14-19(18-12-10-9-11-13-18)15-17(2)20(16)23(21(3,4)5)22(6,7)8;2*1-14(2)16-12-11-13-17(15(3)4)18(16)21(19(5,6)7)20(8,9)10;1-14-12-11-13-15(17(2,3)4)16(14)20(18(5,6)7)19(8,9)10;2*1-12-10-9-11-13(2)14(12)17(15(3,4)5)16(6,7)8/h11-17H,1-10H3;9-15H,1-8H3;2*11-15H,1-10H3;11-13H,1-10H3;2*9-11H,1-8H3/i;;14D,15D;;;;. The van der Waals surface area contributed by atoms with Gasteiger partial charge in [0.1, 0.15) is 0 Å². The quantitative estimate of drug-likeness (QED) is 0.113. The van der Waals surface area contributed by atoms with Gasteiger partial charge in [-0.1, -0.05) is 249 Å². The Kier molecular flexibility index (Phi) is 42.7. The molecule has 7 heteroatoms. The number of benzene rings is 9. The van der Waals surface area contributed by atoms with Crippen LogP contribution >= 0.6 is 0 Å². The maximum Gasteiger partial charge on any atom is 0.0445 e. The second-order valence-electron chi connectivity index (χ2n) is 58.9. The van der Waals surface area contributed by atoms with Crippen molar-refractivity contribution in [1.82, 2.24) is 0 Å². The van der Waals surface area contributed by atoms with Gasteiger partial charge in [0.25, 0.3) is 0 Å². The lowest BCUT2D eigenvalue weighted by Crippen LogP contribution is -2.54. The zero-order chi connectivity index (χ0) is 115. The van der Waals surface area contributed by atoms with Gasteiger partial charge in [0.2, 0.25) is 0 Å². The van der Waals surface area contributed by atoms with Crippen LogP contribution in [0.5, 0.6) is 0 Å². The molecule has 812 valence electrons. The zero-order valence-electron chi connectivity index (χ0n) is 109. The Hall–Kier alpha value is -8.42. The monoisotopic (exact) mass is 1980 g/mol. The third-order valence-electron chi connectivity index (χ3n) is 26.2. The zero-order valence-corrected chi connectivity index (χ0v) is 107. The first-order valence-corrected chi connectivity index (χ1v) is 54.9. The highest BCUT2D eigenvalue weighted by Crippen LogP contribution is 2.50. The number of rotatable bonds is 13. The molecule has 0 bridgehead atoms. The minimum atomic E-state index is -0.717. The molecule has 0 N–H and O–H groups in total. The molecular formula is C138H225N7. The molecule has 0 spiro atoms. The fourth-order valence-electron chi connectivity index (χ4n) is 23.5. The molecule has 145 heavy (non-hydrogen) atoms. The lowest BCUT2D eigenvalue weighted by molar-refractivity contribution is 0.376. The maximum atomic E-state index is 8.63. The molecule has 0 unspecified atom stereocenters. The van der Waals surface area contributed by atoms with Gasteiger partial charge in [-0.15, -0.1) is 0 Å². The van der Waals surface area contributed by atoms with Crippen LogP contribution < -0.4 is 34.3 Å². The summed E-state index contributed by atoms with van der Waals surface area (Å²) in [6, 6.07) is 63.4. The van der Waals surface area contributed by atoms with Crippen molar-refractivity contribution < 1.29 is 2.74 Å². The van der Waals surface area contributed by atoms with E-state index in [0.717, 1.165) is 16.8 Å². The molecule has 7 nitrogen and oxygen atoms in total. The van der Waals surface area contributed by atoms with Gasteiger partial charge in [0.15, 0.2) is 0 Å². The second kappa shape index (κ2) is 48.7. The molecule has 0 saturated carbocycles. The molecule has 0 fully saturated rings. The van der Waals surface area contributed by atoms with Crippen LogP contribution in [0.3, 0.4) is 0 Å². The molecule has 0 aliphatic heterocycles. The van der Waals surface area contributed by atoms with Crippen LogP contribution in [0.25, 0.3) is 22.3 Å². The summed E-state index contributed by atoms with van der Waals surface area (Å²) in [6.07, 6.45) is 0. The van der Waals surface area contributed by atoms with Gasteiger partial charge in [-0.3, -0.25) is 0 Å². The smallest absolute Gasteiger partial charge is 0.0445 e. The summed E-state index contributed by atoms with van der Waals surface area (Å²) in [5, 5.41) is 0. The first-order chi connectivity index (χ1) is 65.4. The first-order valence-electron chi connectivity index (χ1n) is 55.9. The van der Waals surface area contributed by atoms with E-state index in [-0.39, 0.29) is 88.4 Å². The molecule has 9 rings (SSSR count). The molecular weight excluding hydrogens is 1760 g/mol. The van der Waals surface area contributed by atoms with E-state index in [1.165, 1.54) is 123 Å². The van der Waals surface area contributed by atoms with E-state index in [1.807, 2.05) is 45.9 Å². The van der Waals surface area contributed by atoms with Crippen LogP contribution in [0.1, 0.15) is 492 Å². The van der Waals surface area contributed by atoms with E-state index >= 15 is 0 Å². The summed E-state index contributed by atoms with van der Waals surface area (Å²) in [6.45, 7) is 145. The van der Waals surface area contributed by atoms with Crippen molar-refractivity contribution in [3.8, 4) is 22.3 Å². The Morgan fingerprint density at radius 1 is 0.166 bits per heavy atom. The number of anilines is 7. The number of hydrogen-bond donors (Lipinski definition) is 0. The third-order valence-corrected chi connectivity index (χ3v) is 26.2. The van der Waals surface area contributed by atoms with E-state index in [2.05, 4.69) is 607 Å². The first kappa shape index (κ1) is 127. The number of para-hydroxylation sites is 5. The van der Waals surface area contributed by atoms with Gasteiger partial charge in [0, 0.05) is 120 Å². The normalized spacial score (nSPS) is 13.3. The fourth-order valence-corrected chi connectivity index (χ4v) is 23.5. The molecule has 0 aromatic heterocycles. The van der Waals surface area contributed by atoms with Crippen molar-refractivity contribution in [2.45, 2.75) is 555 Å². The Balaban J connectivity index is 0.000000442. The molecule has 0 radical (unpaired) electrons. The van der Waals surface area contributed by atoms with Crippen LogP contribution in [-0.4, -0.2) is 77.5 Å². The molecule has 0 aliphatic carbocycles. The average molecular weight is 1980 g/mol. The van der Waals surface area contributed by atoms with Gasteiger partial charge in [-0.2, -0.15) is 0 Å². The van der Waals surface area contributed by atoms with E-state index in [4.69, 9.17) is 2.74 Å². The van der Waals surface area contributed by atoms with Crippen molar-refractivity contribution in [2.75, 3.05) is 34.3 Å². The SMILES string of the molecule is CC(C)c1cccc(C(C)C)c1N(C(C)(C)C)C(C)(C)C.Cc1cc(-c2ccccc2)cc(C(C)(C)C)c1N(C(C)(C)C)C(C)(C)C.Cc1cc(-c2ccccc2)cc(C)c1N(C(C)(C)C)C(C)(C)C.Cc1cccc(C(C)(C)C)c1N(C(C)(C)C)C(C)(C)C.Cc1cccc(C)c1N(C(C)(C)C)C(C)(C)C.Cc1cccc(C)c1N(C(C)(C)C)C(C)(C)C.[2H]C(C)(C)c1cccc(C([2H])(C)C)c1N(C(C)(C)C)C(C)(C)C. The van der Waals surface area contributed by atoms with E-state index in [1.54, 1.807) is 0 Å². The lowest BCUT2D eigenvalue weighted by atomic mass is 9.80. The summed E-state index contributed by atoms with van der Waals surface area (Å²) in [4.78, 5) is 17.8. The van der Waals surface area contributed by atoms with Crippen LogP contribution in [0.4, 0.5) is 39.8 Å². The number of hydrogen-bond acceptors (Lipinski definition) is 7. The van der Waals surface area contributed by atoms with Gasteiger partial charge in [-0.05, 0) is 505 Å². The summed E-state index contributed by atoms with van der Waals surface area (Å²) in [7, 11) is 0. The molecule has 0 amide bonds. The van der Waals surface area contributed by atoms with Crippen molar-refractivity contribution in [3.63, 3.8) is 0 Å². The Morgan fingerprint density at radius 3 is 0.559 bits per heavy atom. The van der Waals surface area contributed by atoms with Crippen molar-refractivity contribution in [1.29, 1.82) is 0 Å². The predicted molar refractivity (Wildman–Crippen MR) is 662 cm³/mol. The van der Waals surface area contributed by atoms with Gasteiger partial charge in [0.05, 0.1) is 0 Å². The second-order valence-corrected chi connectivity index (χ2v) is 58.9. The molecule has 9 aromatic carbocycles. The summed E-state index contributed by atoms with van der Waals surface area (Å²) in [5.74, 6) is -0.367. The summed E-state index contributed by atoms with van der Waals surface area (Å²) >= 11 is 0. The summed E-state index contributed by atoms with van der Waals surface area (Å²) in [5.41, 5.74) is 34.2. The highest BCUT2D eigenvalue weighted by Gasteiger charge is 2.43. The van der Waals surface area contributed by atoms with Gasteiger partial charge in [-0.25, -0.2) is 0 Å². The van der Waals surface area contributed by atoms with Gasteiger partial charge < -0.3 is 34.3 Å². The Morgan fingerprint density at radius 2 is 0.338 bits per heavy atom. The minimum absolute atomic E-state index is 0.0390. The molecule has 9 aromatic rings. The van der Waals surface area contributed by atoms with Gasteiger partial charge >= 0.3 is 0 Å². The number of nitrogens with zero attached hydrogens (tertiary/aromatic N) is 7. The van der Waals surface area contributed by atoms with Crippen LogP contribution in [0, 0.1) is 55.4 Å². The largest absolute Gasteiger partial charge is 0.361 e. The summed E-state index contributed by atoms with van der Waals surface area (Å²) < 4.78 is 17.3. The third kappa shape index (κ3) is 36.5. The van der Waals surface area contributed by atoms with Crippen molar-refractivity contribution in [3.05, 3.63) is 254 Å². The molecule has 0 heterocycles. The Labute approximate surface area is 902 Å². The highest BCUT2D eigenvalue weighted by atomic mass is 15.3. The lowest BCUT2D eigenvalue weighted by Gasteiger charge is -2.50. The molecule has 0 aliphatic rings. The van der Waals surface area contributed by atoms with E-state index in [9.17, 15) is 0 Å². The van der Waals surface area contributed by atoms with Crippen molar-refractivity contribution in [2.24, 2.45) is 0 Å². The average Bonchev–Trinajstić information content (AvgIpc) is 0.734. The topological polar surface area (TPSA) is 22.7 Å². The molecule has 0 saturated heterocycles. The van der Waals surface area contributed by atoms with E-state index in [0.29, 0.717) is 11.8 Å². The van der Waals surface area contributed by atoms with Crippen molar-refractivity contribution >= 4 is 39.8 Å². The fraction of sp³-hybridized carbons (Fsp3) is 0.609. The minimum Gasteiger partial charge on any atom is -0.361 e. The highest BCUT2D eigenvalue weighted by molar-refractivity contribution is 5.77. The molecule has 0 atom stereocenters. The van der Waals surface area contributed by atoms with Crippen LogP contribution in [0.15, 0.2) is 176 Å². The maximum absolute atomic E-state index is 8.63.